The Morgan fingerprint density at radius 2 is 1.73 bits per heavy atom. The zero-order valence-electron chi connectivity index (χ0n) is 16.8. The monoisotopic (exact) mass is 466 g/mol. The van der Waals surface area contributed by atoms with Crippen LogP contribution in [0.3, 0.4) is 0 Å². The molecule has 0 saturated heterocycles. The van der Waals surface area contributed by atoms with Crippen molar-refractivity contribution in [2.75, 3.05) is 0 Å². The lowest BCUT2D eigenvalue weighted by atomic mass is 10.1. The molecule has 0 unspecified atom stereocenters. The Balaban J connectivity index is 1.80. The summed E-state index contributed by atoms with van der Waals surface area (Å²) in [7, 11) is 0. The summed E-state index contributed by atoms with van der Waals surface area (Å²) in [5, 5.41) is 4.48. The van der Waals surface area contributed by atoms with Crippen molar-refractivity contribution in [3.05, 3.63) is 68.7 Å². The quantitative estimate of drug-likeness (QED) is 0.571. The number of nitrogens with one attached hydrogen (secondary N) is 1. The Hall–Kier alpha value is -1.75. The second-order valence-corrected chi connectivity index (χ2v) is 8.93. The summed E-state index contributed by atoms with van der Waals surface area (Å²) in [4.78, 5) is 27.7. The van der Waals surface area contributed by atoms with Gasteiger partial charge < -0.3 is 10.2 Å². The number of carbonyl (C=O) groups is 2. The molecule has 0 radical (unpaired) electrons. The Morgan fingerprint density at radius 3 is 2.40 bits per heavy atom. The lowest BCUT2D eigenvalue weighted by Crippen LogP contribution is -2.50. The second kappa shape index (κ2) is 10.5. The van der Waals surface area contributed by atoms with E-state index in [4.69, 9.17) is 34.8 Å². The molecule has 7 heteroatoms. The van der Waals surface area contributed by atoms with Crippen molar-refractivity contribution in [1.29, 1.82) is 0 Å². The van der Waals surface area contributed by atoms with E-state index in [-0.39, 0.29) is 30.8 Å². The molecule has 1 aliphatic carbocycles. The lowest BCUT2D eigenvalue weighted by molar-refractivity contribution is -0.140. The van der Waals surface area contributed by atoms with Crippen molar-refractivity contribution in [1.82, 2.24) is 10.2 Å². The standard InChI is InChI=1S/C23H25Cl3N2O2/c1-15(23(30)27-18-7-3-4-8-18)28(14-16-10-11-20(25)21(26)12-16)22(29)13-17-6-2-5-9-19(17)24/h2,5-6,9-12,15,18H,3-4,7-8,13-14H2,1H3,(H,27,30)/t15-/m1/s1. The van der Waals surface area contributed by atoms with Crippen LogP contribution in [-0.4, -0.2) is 28.8 Å². The zero-order valence-corrected chi connectivity index (χ0v) is 19.1. The minimum absolute atomic E-state index is 0.113. The fourth-order valence-corrected chi connectivity index (χ4v) is 4.24. The van der Waals surface area contributed by atoms with Gasteiger partial charge >= 0.3 is 0 Å². The van der Waals surface area contributed by atoms with Gasteiger partial charge in [0.05, 0.1) is 16.5 Å². The van der Waals surface area contributed by atoms with Gasteiger partial charge in [0.1, 0.15) is 6.04 Å². The fourth-order valence-electron chi connectivity index (χ4n) is 3.72. The van der Waals surface area contributed by atoms with Gasteiger partial charge in [0.25, 0.3) is 0 Å². The van der Waals surface area contributed by atoms with Crippen LogP contribution in [0.2, 0.25) is 15.1 Å². The molecule has 0 bridgehead atoms. The molecule has 0 aliphatic heterocycles. The minimum Gasteiger partial charge on any atom is -0.352 e. The van der Waals surface area contributed by atoms with Crippen molar-refractivity contribution in [2.45, 2.75) is 57.7 Å². The maximum Gasteiger partial charge on any atom is 0.242 e. The van der Waals surface area contributed by atoms with Gasteiger partial charge in [-0.05, 0) is 49.1 Å². The highest BCUT2D eigenvalue weighted by molar-refractivity contribution is 6.42. The molecule has 1 fully saturated rings. The van der Waals surface area contributed by atoms with Gasteiger partial charge in [0.2, 0.25) is 11.8 Å². The van der Waals surface area contributed by atoms with Crippen LogP contribution in [0.25, 0.3) is 0 Å². The van der Waals surface area contributed by atoms with Gasteiger partial charge in [-0.2, -0.15) is 0 Å². The van der Waals surface area contributed by atoms with Gasteiger partial charge in [-0.15, -0.1) is 0 Å². The molecule has 4 nitrogen and oxygen atoms in total. The molecule has 1 N–H and O–H groups in total. The summed E-state index contributed by atoms with van der Waals surface area (Å²) in [6, 6.07) is 12.0. The van der Waals surface area contributed by atoms with Crippen LogP contribution in [0, 0.1) is 0 Å². The summed E-state index contributed by atoms with van der Waals surface area (Å²) in [5.74, 6) is -0.322. The molecule has 2 aromatic rings. The molecule has 0 heterocycles. The lowest BCUT2D eigenvalue weighted by Gasteiger charge is -2.30. The highest BCUT2D eigenvalue weighted by Gasteiger charge is 2.28. The molecule has 0 aromatic heterocycles. The number of nitrogens with zero attached hydrogens (tertiary/aromatic N) is 1. The molecule has 2 amide bonds. The number of amides is 2. The molecule has 0 spiro atoms. The SMILES string of the molecule is C[C@H](C(=O)NC1CCCC1)N(Cc1ccc(Cl)c(Cl)c1)C(=O)Cc1ccccc1Cl. The van der Waals surface area contributed by atoms with Gasteiger partial charge in [0.15, 0.2) is 0 Å². The van der Waals surface area contributed by atoms with E-state index < -0.39 is 6.04 Å². The van der Waals surface area contributed by atoms with Crippen LogP contribution in [0.1, 0.15) is 43.7 Å². The molecule has 1 atom stereocenters. The molecule has 1 saturated carbocycles. The first-order valence-corrected chi connectivity index (χ1v) is 11.3. The van der Waals surface area contributed by atoms with Crippen LogP contribution in [0.4, 0.5) is 0 Å². The van der Waals surface area contributed by atoms with Crippen molar-refractivity contribution < 1.29 is 9.59 Å². The number of hydrogen-bond acceptors (Lipinski definition) is 2. The van der Waals surface area contributed by atoms with Gasteiger partial charge in [-0.3, -0.25) is 9.59 Å². The van der Waals surface area contributed by atoms with Crippen LogP contribution in [-0.2, 0) is 22.6 Å². The minimum atomic E-state index is -0.630. The summed E-state index contributed by atoms with van der Waals surface area (Å²) < 4.78 is 0. The summed E-state index contributed by atoms with van der Waals surface area (Å²) in [6.45, 7) is 2.01. The van der Waals surface area contributed by atoms with Gasteiger partial charge in [-0.25, -0.2) is 0 Å². The Kier molecular flexibility index (Phi) is 8.04. The Morgan fingerprint density at radius 1 is 1.03 bits per heavy atom. The first-order valence-electron chi connectivity index (χ1n) is 10.1. The van der Waals surface area contributed by atoms with E-state index in [9.17, 15) is 9.59 Å². The Labute approximate surface area is 192 Å². The van der Waals surface area contributed by atoms with E-state index in [1.165, 1.54) is 0 Å². The van der Waals surface area contributed by atoms with Gasteiger partial charge in [0, 0.05) is 17.6 Å². The van der Waals surface area contributed by atoms with Crippen molar-refractivity contribution >= 4 is 46.6 Å². The molecule has 3 rings (SSSR count). The maximum absolute atomic E-state index is 13.2. The third-order valence-electron chi connectivity index (χ3n) is 5.51. The number of halogens is 3. The first-order chi connectivity index (χ1) is 14.3. The smallest absolute Gasteiger partial charge is 0.242 e. The van der Waals surface area contributed by atoms with E-state index >= 15 is 0 Å². The molecule has 1 aliphatic rings. The highest BCUT2D eigenvalue weighted by Crippen LogP contribution is 2.25. The van der Waals surface area contributed by atoms with E-state index in [2.05, 4.69) is 5.32 Å². The first kappa shape index (κ1) is 22.9. The molecular formula is C23H25Cl3N2O2. The average Bonchev–Trinajstić information content (AvgIpc) is 3.23. The van der Waals surface area contributed by atoms with Crippen molar-refractivity contribution in [3.63, 3.8) is 0 Å². The topological polar surface area (TPSA) is 49.4 Å². The van der Waals surface area contributed by atoms with E-state index in [0.717, 1.165) is 36.8 Å². The molecule has 2 aromatic carbocycles. The van der Waals surface area contributed by atoms with Gasteiger partial charge in [-0.1, -0.05) is 71.9 Å². The third-order valence-corrected chi connectivity index (χ3v) is 6.61. The molecular weight excluding hydrogens is 443 g/mol. The van der Waals surface area contributed by atoms with Crippen LogP contribution < -0.4 is 5.32 Å². The fraction of sp³-hybridized carbons (Fsp3) is 0.391. The van der Waals surface area contributed by atoms with Crippen molar-refractivity contribution in [3.8, 4) is 0 Å². The molecule has 30 heavy (non-hydrogen) atoms. The maximum atomic E-state index is 13.2. The summed E-state index contributed by atoms with van der Waals surface area (Å²) in [6.07, 6.45) is 4.33. The van der Waals surface area contributed by atoms with E-state index in [1.54, 1.807) is 30.0 Å². The van der Waals surface area contributed by atoms with E-state index in [0.29, 0.717) is 15.1 Å². The second-order valence-electron chi connectivity index (χ2n) is 7.70. The van der Waals surface area contributed by atoms with Crippen LogP contribution in [0.15, 0.2) is 42.5 Å². The van der Waals surface area contributed by atoms with E-state index in [1.807, 2.05) is 24.3 Å². The summed E-state index contributed by atoms with van der Waals surface area (Å²) in [5.41, 5.74) is 1.53. The number of carbonyl (C=O) groups excluding carboxylic acids is 2. The predicted molar refractivity (Wildman–Crippen MR) is 122 cm³/mol. The van der Waals surface area contributed by atoms with Crippen LogP contribution >= 0.6 is 34.8 Å². The average molecular weight is 468 g/mol. The highest BCUT2D eigenvalue weighted by atomic mass is 35.5. The largest absolute Gasteiger partial charge is 0.352 e. The number of benzene rings is 2. The van der Waals surface area contributed by atoms with Crippen molar-refractivity contribution in [2.24, 2.45) is 0 Å². The normalized spacial score (nSPS) is 15.1. The predicted octanol–water partition coefficient (Wildman–Crippen LogP) is 5.67. The number of hydrogen-bond donors (Lipinski definition) is 1. The van der Waals surface area contributed by atoms with Crippen LogP contribution in [0.5, 0.6) is 0 Å². The molecule has 160 valence electrons. The summed E-state index contributed by atoms with van der Waals surface area (Å²) >= 11 is 18.4. The zero-order chi connectivity index (χ0) is 21.7. The Bertz CT molecular complexity index is 913. The number of rotatable bonds is 7. The third kappa shape index (κ3) is 5.90.